The number of carbonyl (C=O) groups is 2. The van der Waals surface area contributed by atoms with Crippen molar-refractivity contribution in [3.63, 3.8) is 0 Å². The minimum Gasteiger partial charge on any atom is -0.469 e. The number of hydrogen-bond acceptors (Lipinski definition) is 6. The van der Waals surface area contributed by atoms with E-state index >= 15 is 0 Å². The van der Waals surface area contributed by atoms with E-state index in [9.17, 15) is 9.59 Å². The summed E-state index contributed by atoms with van der Waals surface area (Å²) in [6, 6.07) is 3.73. The van der Waals surface area contributed by atoms with Gasteiger partial charge in [-0.2, -0.15) is 0 Å². The molecule has 0 saturated heterocycles. The molecule has 0 bridgehead atoms. The lowest BCUT2D eigenvalue weighted by Crippen LogP contribution is -2.12. The van der Waals surface area contributed by atoms with E-state index < -0.39 is 0 Å². The molecule has 0 unspecified atom stereocenters. The van der Waals surface area contributed by atoms with E-state index in [4.69, 9.17) is 11.6 Å². The highest BCUT2D eigenvalue weighted by Gasteiger charge is 2.10. The van der Waals surface area contributed by atoms with Crippen molar-refractivity contribution in [3.8, 4) is 0 Å². The molecule has 1 amide bonds. The second kappa shape index (κ2) is 7.53. The molecule has 1 N–H and O–H groups in total. The maximum atomic E-state index is 11.8. The molecular formula is C13H13ClN2O3S2. The number of methoxy groups -OCH3 is 1. The lowest BCUT2D eigenvalue weighted by Gasteiger charge is -2.00. The number of ether oxygens (including phenoxy) is 1. The average Bonchev–Trinajstić information content (AvgIpc) is 3.05. The Hall–Kier alpha value is -1.44. The number of hydrogen-bond donors (Lipinski definition) is 1. The van der Waals surface area contributed by atoms with Crippen molar-refractivity contribution in [1.82, 2.24) is 4.98 Å². The number of aromatic nitrogens is 1. The molecule has 0 atom stereocenters. The Morgan fingerprint density at radius 1 is 1.43 bits per heavy atom. The van der Waals surface area contributed by atoms with E-state index in [0.717, 1.165) is 9.21 Å². The van der Waals surface area contributed by atoms with Gasteiger partial charge in [0.25, 0.3) is 0 Å². The van der Waals surface area contributed by atoms with Gasteiger partial charge in [0.1, 0.15) is 0 Å². The van der Waals surface area contributed by atoms with Crippen molar-refractivity contribution in [2.75, 3.05) is 12.4 Å². The molecule has 0 fully saturated rings. The zero-order chi connectivity index (χ0) is 15.2. The fraction of sp³-hybridized carbons (Fsp3) is 0.308. The third-order valence-corrected chi connectivity index (χ3v) is 4.68. The Bertz CT molecular complexity index is 639. The predicted octanol–water partition coefficient (Wildman–Crippen LogP) is 3.14. The van der Waals surface area contributed by atoms with Crippen LogP contribution >= 0.6 is 34.3 Å². The number of anilines is 1. The maximum Gasteiger partial charge on any atom is 0.311 e. The van der Waals surface area contributed by atoms with Gasteiger partial charge in [-0.3, -0.25) is 9.59 Å². The third-order valence-electron chi connectivity index (χ3n) is 2.58. The standard InChI is InChI=1S/C13H13ClN2O3S2/c1-19-12(18)6-8-7-20-13(15-8)16-11(17)5-3-9-2-4-10(14)21-9/h2,4,7H,3,5-6H2,1H3,(H,15,16,17). The Kier molecular flexibility index (Phi) is 5.72. The van der Waals surface area contributed by atoms with Gasteiger partial charge in [0.2, 0.25) is 5.91 Å². The quantitative estimate of drug-likeness (QED) is 0.817. The number of rotatable bonds is 6. The normalized spacial score (nSPS) is 10.4. The van der Waals surface area contributed by atoms with Gasteiger partial charge in [-0.25, -0.2) is 4.98 Å². The summed E-state index contributed by atoms with van der Waals surface area (Å²) in [5.41, 5.74) is 0.590. The van der Waals surface area contributed by atoms with Gasteiger partial charge in [0, 0.05) is 16.7 Å². The van der Waals surface area contributed by atoms with Crippen LogP contribution in [0.4, 0.5) is 5.13 Å². The first-order valence-electron chi connectivity index (χ1n) is 6.12. The molecule has 2 aromatic rings. The van der Waals surface area contributed by atoms with Gasteiger partial charge >= 0.3 is 5.97 Å². The molecule has 0 saturated carbocycles. The molecule has 2 aromatic heterocycles. The van der Waals surface area contributed by atoms with Gasteiger partial charge in [0.15, 0.2) is 5.13 Å². The van der Waals surface area contributed by atoms with Crippen LogP contribution in [0.2, 0.25) is 4.34 Å². The lowest BCUT2D eigenvalue weighted by molar-refractivity contribution is -0.139. The van der Waals surface area contributed by atoms with Crippen LogP contribution in [0.1, 0.15) is 17.0 Å². The minimum atomic E-state index is -0.354. The van der Waals surface area contributed by atoms with Crippen molar-refractivity contribution in [1.29, 1.82) is 0 Å². The Morgan fingerprint density at radius 2 is 2.24 bits per heavy atom. The number of aryl methyl sites for hydroxylation is 1. The molecule has 0 aliphatic rings. The Balaban J connectivity index is 1.81. The highest BCUT2D eigenvalue weighted by atomic mass is 35.5. The Labute approximate surface area is 134 Å². The summed E-state index contributed by atoms with van der Waals surface area (Å²) < 4.78 is 5.28. The van der Waals surface area contributed by atoms with Crippen molar-refractivity contribution < 1.29 is 14.3 Å². The number of thiazole rings is 1. The van der Waals surface area contributed by atoms with Crippen LogP contribution in [0, 0.1) is 0 Å². The van der Waals surface area contributed by atoms with E-state index in [-0.39, 0.29) is 18.3 Å². The van der Waals surface area contributed by atoms with Crippen molar-refractivity contribution in [2.45, 2.75) is 19.3 Å². The van der Waals surface area contributed by atoms with Gasteiger partial charge in [0.05, 0.1) is 23.6 Å². The molecule has 8 heteroatoms. The molecule has 0 radical (unpaired) electrons. The zero-order valence-electron chi connectivity index (χ0n) is 11.2. The second-order valence-electron chi connectivity index (χ2n) is 4.15. The number of thiophene rings is 1. The number of halogens is 1. The number of nitrogens with one attached hydrogen (secondary N) is 1. The van der Waals surface area contributed by atoms with E-state index in [1.54, 1.807) is 5.38 Å². The maximum absolute atomic E-state index is 11.8. The summed E-state index contributed by atoms with van der Waals surface area (Å²) in [6.45, 7) is 0. The fourth-order valence-corrected chi connectivity index (χ4v) is 3.38. The molecule has 0 aromatic carbocycles. The Morgan fingerprint density at radius 3 is 2.90 bits per heavy atom. The van der Waals surface area contributed by atoms with Crippen LogP contribution in [0.3, 0.4) is 0 Å². The largest absolute Gasteiger partial charge is 0.469 e. The van der Waals surface area contributed by atoms with E-state index in [2.05, 4.69) is 15.0 Å². The van der Waals surface area contributed by atoms with Crippen LogP contribution in [0.25, 0.3) is 0 Å². The highest BCUT2D eigenvalue weighted by Crippen LogP contribution is 2.23. The smallest absolute Gasteiger partial charge is 0.311 e. The summed E-state index contributed by atoms with van der Waals surface area (Å²) >= 11 is 8.59. The van der Waals surface area contributed by atoms with E-state index in [0.29, 0.717) is 23.7 Å². The van der Waals surface area contributed by atoms with Gasteiger partial charge in [-0.15, -0.1) is 22.7 Å². The van der Waals surface area contributed by atoms with Gasteiger partial charge in [-0.05, 0) is 18.6 Å². The van der Waals surface area contributed by atoms with Crippen LogP contribution in [0.15, 0.2) is 17.5 Å². The van der Waals surface area contributed by atoms with Crippen LogP contribution in [-0.4, -0.2) is 24.0 Å². The first-order chi connectivity index (χ1) is 10.1. The van der Waals surface area contributed by atoms with Crippen LogP contribution in [0.5, 0.6) is 0 Å². The summed E-state index contributed by atoms with van der Waals surface area (Å²) in [5, 5.41) is 4.94. The fourth-order valence-electron chi connectivity index (χ4n) is 1.57. The summed E-state index contributed by atoms with van der Waals surface area (Å²) in [4.78, 5) is 28.2. The minimum absolute atomic E-state index is 0.108. The molecule has 0 aliphatic carbocycles. The molecule has 2 rings (SSSR count). The summed E-state index contributed by atoms with van der Waals surface area (Å²) in [7, 11) is 1.33. The van der Waals surface area contributed by atoms with Crippen molar-refractivity contribution >= 4 is 51.3 Å². The molecule has 0 spiro atoms. The summed E-state index contributed by atoms with van der Waals surface area (Å²) in [6.07, 6.45) is 1.11. The predicted molar refractivity (Wildman–Crippen MR) is 84.1 cm³/mol. The highest BCUT2D eigenvalue weighted by molar-refractivity contribution is 7.16. The van der Waals surface area contributed by atoms with Crippen molar-refractivity contribution in [3.05, 3.63) is 32.4 Å². The monoisotopic (exact) mass is 344 g/mol. The molecule has 5 nitrogen and oxygen atoms in total. The molecule has 0 aliphatic heterocycles. The van der Waals surface area contributed by atoms with Crippen LogP contribution < -0.4 is 5.32 Å². The molecule has 21 heavy (non-hydrogen) atoms. The summed E-state index contributed by atoms with van der Waals surface area (Å²) in [5.74, 6) is -0.466. The lowest BCUT2D eigenvalue weighted by atomic mass is 10.2. The van der Waals surface area contributed by atoms with Crippen molar-refractivity contribution in [2.24, 2.45) is 0 Å². The third kappa shape index (κ3) is 5.11. The second-order valence-corrected chi connectivity index (χ2v) is 6.81. The topological polar surface area (TPSA) is 68.3 Å². The zero-order valence-corrected chi connectivity index (χ0v) is 13.6. The first-order valence-corrected chi connectivity index (χ1v) is 8.19. The van der Waals surface area contributed by atoms with E-state index in [1.807, 2.05) is 12.1 Å². The SMILES string of the molecule is COC(=O)Cc1csc(NC(=O)CCc2ccc(Cl)s2)n1. The van der Waals surface area contributed by atoms with Crippen LogP contribution in [-0.2, 0) is 27.2 Å². The number of carbonyl (C=O) groups excluding carboxylic acids is 2. The van der Waals surface area contributed by atoms with Gasteiger partial charge in [-0.1, -0.05) is 11.6 Å². The average molecular weight is 345 g/mol. The molecule has 2 heterocycles. The number of esters is 1. The number of nitrogens with zero attached hydrogens (tertiary/aromatic N) is 1. The van der Waals surface area contributed by atoms with E-state index in [1.165, 1.54) is 29.8 Å². The molecular weight excluding hydrogens is 332 g/mol. The number of amides is 1. The first kappa shape index (κ1) is 15.9. The molecule has 112 valence electrons. The van der Waals surface area contributed by atoms with Gasteiger partial charge < -0.3 is 10.1 Å².